The van der Waals surface area contributed by atoms with Crippen molar-refractivity contribution >= 4 is 42.3 Å². The van der Waals surface area contributed by atoms with Gasteiger partial charge in [-0.1, -0.05) is 176 Å². The largest absolute Gasteiger partial charge is 0.208 e. The summed E-state index contributed by atoms with van der Waals surface area (Å²) in [5.74, 6) is 1.95. The molecule has 4 heteroatoms. The molecule has 0 aliphatic carbocycles. The van der Waals surface area contributed by atoms with Gasteiger partial charge in [-0.15, -0.1) is 11.3 Å². The van der Waals surface area contributed by atoms with Crippen LogP contribution in [-0.2, 0) is 0 Å². The van der Waals surface area contributed by atoms with Crippen LogP contribution in [0.15, 0.2) is 188 Å². The van der Waals surface area contributed by atoms with Crippen LogP contribution in [0.3, 0.4) is 0 Å². The lowest BCUT2D eigenvalue weighted by Gasteiger charge is -2.17. The molecule has 0 saturated carbocycles. The van der Waals surface area contributed by atoms with Gasteiger partial charge in [-0.05, 0) is 56.3 Å². The third-order valence-electron chi connectivity index (χ3n) is 10.00. The van der Waals surface area contributed by atoms with E-state index in [1.165, 1.54) is 47.6 Å². The zero-order valence-electron chi connectivity index (χ0n) is 28.6. The molecule has 0 aliphatic heterocycles. The maximum Gasteiger partial charge on any atom is 0.165 e. The van der Waals surface area contributed by atoms with Crippen LogP contribution in [-0.4, -0.2) is 15.0 Å². The standard InChI is InChI=1S/C49H31N3S/c1-3-16-32(17-4-1)34-30-31-40(36-21-8-7-20-35(34)36)38-23-10-9-22-37(38)39-24-11-12-26-43(39)48-50-47(33-18-5-2-6-19-33)51-49(52-48)44-28-15-27-42-41-25-13-14-29-45(41)53-46(42)44/h1-31H. The average molecular weight is 694 g/mol. The highest BCUT2D eigenvalue weighted by Crippen LogP contribution is 2.43. The van der Waals surface area contributed by atoms with Crippen LogP contribution in [0.25, 0.3) is 98.5 Å². The summed E-state index contributed by atoms with van der Waals surface area (Å²) in [4.78, 5) is 15.6. The summed E-state index contributed by atoms with van der Waals surface area (Å²) >= 11 is 1.79. The number of fused-ring (bicyclic) bond motifs is 4. The maximum absolute atomic E-state index is 5.29. The van der Waals surface area contributed by atoms with E-state index in [1.54, 1.807) is 11.3 Å². The molecule has 0 aliphatic rings. The lowest BCUT2D eigenvalue weighted by atomic mass is 9.87. The van der Waals surface area contributed by atoms with E-state index < -0.39 is 0 Å². The van der Waals surface area contributed by atoms with Crippen molar-refractivity contribution in [1.29, 1.82) is 0 Å². The van der Waals surface area contributed by atoms with Gasteiger partial charge in [-0.3, -0.25) is 0 Å². The molecule has 0 amide bonds. The Kier molecular flexibility index (Phi) is 7.67. The molecule has 0 bridgehead atoms. The first-order valence-corrected chi connectivity index (χ1v) is 18.6. The van der Waals surface area contributed by atoms with Crippen LogP contribution in [0.4, 0.5) is 0 Å². The van der Waals surface area contributed by atoms with E-state index in [2.05, 4.69) is 170 Å². The van der Waals surface area contributed by atoms with Crippen molar-refractivity contribution in [3.8, 4) is 67.5 Å². The fourth-order valence-electron chi connectivity index (χ4n) is 7.53. The molecule has 3 nitrogen and oxygen atoms in total. The molecular weight excluding hydrogens is 663 g/mol. The fourth-order valence-corrected chi connectivity index (χ4v) is 8.74. The second-order valence-electron chi connectivity index (χ2n) is 13.1. The van der Waals surface area contributed by atoms with Crippen molar-refractivity contribution in [2.75, 3.05) is 0 Å². The number of thiophene rings is 1. The lowest BCUT2D eigenvalue weighted by molar-refractivity contribution is 1.08. The number of rotatable bonds is 6. The number of benzene rings is 8. The molecule has 10 rings (SSSR count). The summed E-state index contributed by atoms with van der Waals surface area (Å²) in [5, 5.41) is 4.90. The summed E-state index contributed by atoms with van der Waals surface area (Å²) in [7, 11) is 0. The smallest absolute Gasteiger partial charge is 0.165 e. The van der Waals surface area contributed by atoms with Gasteiger partial charge >= 0.3 is 0 Å². The molecule has 8 aromatic carbocycles. The van der Waals surface area contributed by atoms with Gasteiger partial charge in [0.15, 0.2) is 17.5 Å². The Balaban J connectivity index is 1.18. The van der Waals surface area contributed by atoms with E-state index in [4.69, 9.17) is 15.0 Å². The summed E-state index contributed by atoms with van der Waals surface area (Å²) in [5.41, 5.74) is 9.87. The molecule has 248 valence electrons. The molecule has 0 atom stereocenters. The van der Waals surface area contributed by atoms with Gasteiger partial charge in [-0.25, -0.2) is 15.0 Å². The third-order valence-corrected chi connectivity index (χ3v) is 11.2. The summed E-state index contributed by atoms with van der Waals surface area (Å²) in [6, 6.07) is 66.3. The van der Waals surface area contributed by atoms with Crippen LogP contribution in [0.1, 0.15) is 0 Å². The lowest BCUT2D eigenvalue weighted by Crippen LogP contribution is -2.01. The van der Waals surface area contributed by atoms with E-state index >= 15 is 0 Å². The van der Waals surface area contributed by atoms with Gasteiger partial charge in [0.2, 0.25) is 0 Å². The van der Waals surface area contributed by atoms with Gasteiger partial charge in [0, 0.05) is 36.9 Å². The summed E-state index contributed by atoms with van der Waals surface area (Å²) < 4.78 is 2.42. The molecule has 0 fully saturated rings. The minimum absolute atomic E-state index is 0.640. The second-order valence-corrected chi connectivity index (χ2v) is 14.2. The van der Waals surface area contributed by atoms with E-state index in [1.807, 2.05) is 18.2 Å². The van der Waals surface area contributed by atoms with Gasteiger partial charge < -0.3 is 0 Å². The van der Waals surface area contributed by atoms with Crippen LogP contribution in [0.5, 0.6) is 0 Å². The Labute approximate surface area is 311 Å². The summed E-state index contributed by atoms with van der Waals surface area (Å²) in [6.45, 7) is 0. The summed E-state index contributed by atoms with van der Waals surface area (Å²) in [6.07, 6.45) is 0. The molecule has 0 saturated heterocycles. The molecule has 2 heterocycles. The Hall–Kier alpha value is -6.75. The first-order chi connectivity index (χ1) is 26.3. The van der Waals surface area contributed by atoms with Crippen LogP contribution >= 0.6 is 11.3 Å². The van der Waals surface area contributed by atoms with Crippen molar-refractivity contribution in [2.45, 2.75) is 0 Å². The SMILES string of the molecule is c1ccc(-c2nc(-c3ccccc3-c3ccccc3-c3ccc(-c4ccccc4)c4ccccc34)nc(-c3cccc4c3sc3ccccc34)n2)cc1. The minimum atomic E-state index is 0.640. The first kappa shape index (κ1) is 31.0. The van der Waals surface area contributed by atoms with Crippen molar-refractivity contribution in [2.24, 2.45) is 0 Å². The van der Waals surface area contributed by atoms with Crippen molar-refractivity contribution in [3.63, 3.8) is 0 Å². The molecule has 0 radical (unpaired) electrons. The average Bonchev–Trinajstić information content (AvgIpc) is 3.63. The molecule has 2 aromatic heterocycles. The van der Waals surface area contributed by atoms with Crippen LogP contribution in [0.2, 0.25) is 0 Å². The van der Waals surface area contributed by atoms with Crippen molar-refractivity contribution < 1.29 is 0 Å². The zero-order chi connectivity index (χ0) is 35.1. The van der Waals surface area contributed by atoms with E-state index in [0.29, 0.717) is 17.5 Å². The van der Waals surface area contributed by atoms with E-state index in [0.717, 1.165) is 33.4 Å². The Morgan fingerprint density at radius 1 is 0.264 bits per heavy atom. The Morgan fingerprint density at radius 3 is 1.43 bits per heavy atom. The molecule has 10 aromatic rings. The molecular formula is C49H31N3S. The van der Waals surface area contributed by atoms with E-state index in [9.17, 15) is 0 Å². The topological polar surface area (TPSA) is 38.7 Å². The second kappa shape index (κ2) is 13.1. The quantitative estimate of drug-likeness (QED) is 0.174. The van der Waals surface area contributed by atoms with Crippen LogP contribution < -0.4 is 0 Å². The predicted octanol–water partition coefficient (Wildman–Crippen LogP) is 13.4. The fraction of sp³-hybridized carbons (Fsp3) is 0. The van der Waals surface area contributed by atoms with Crippen molar-refractivity contribution in [1.82, 2.24) is 15.0 Å². The monoisotopic (exact) mass is 693 g/mol. The van der Waals surface area contributed by atoms with E-state index in [-0.39, 0.29) is 0 Å². The molecule has 53 heavy (non-hydrogen) atoms. The molecule has 0 unspecified atom stereocenters. The highest BCUT2D eigenvalue weighted by Gasteiger charge is 2.20. The highest BCUT2D eigenvalue weighted by atomic mass is 32.1. The number of aromatic nitrogens is 3. The zero-order valence-corrected chi connectivity index (χ0v) is 29.5. The number of nitrogens with zero attached hydrogens (tertiary/aromatic N) is 3. The number of hydrogen-bond donors (Lipinski definition) is 0. The highest BCUT2D eigenvalue weighted by molar-refractivity contribution is 7.26. The normalized spacial score (nSPS) is 11.4. The molecule has 0 spiro atoms. The maximum atomic E-state index is 5.29. The minimum Gasteiger partial charge on any atom is -0.208 e. The Morgan fingerprint density at radius 2 is 0.717 bits per heavy atom. The molecule has 0 N–H and O–H groups in total. The van der Waals surface area contributed by atoms with Gasteiger partial charge in [0.05, 0.1) is 0 Å². The Bertz CT molecular complexity index is 2950. The van der Waals surface area contributed by atoms with Gasteiger partial charge in [0.25, 0.3) is 0 Å². The van der Waals surface area contributed by atoms with Crippen molar-refractivity contribution in [3.05, 3.63) is 188 Å². The first-order valence-electron chi connectivity index (χ1n) is 17.8. The van der Waals surface area contributed by atoms with Crippen LogP contribution in [0, 0.1) is 0 Å². The predicted molar refractivity (Wildman–Crippen MR) is 223 cm³/mol. The van der Waals surface area contributed by atoms with Gasteiger partial charge in [0.1, 0.15) is 0 Å². The van der Waals surface area contributed by atoms with Gasteiger partial charge in [-0.2, -0.15) is 0 Å². The third kappa shape index (κ3) is 5.48. The number of hydrogen-bond acceptors (Lipinski definition) is 4.